The van der Waals surface area contributed by atoms with Crippen molar-refractivity contribution in [3.8, 4) is 0 Å². The van der Waals surface area contributed by atoms with Gasteiger partial charge in [0.1, 0.15) is 5.82 Å². The largest absolute Gasteiger partial charge is 0.462 e. The SMILES string of the molecule is CCOC(=O)c1ccc(N(Cc2ccncc2)C(=S)NC(=O)c2ccc(F)cc2)cc1. The summed E-state index contributed by atoms with van der Waals surface area (Å²) in [4.78, 5) is 30.2. The molecule has 3 rings (SSSR count). The number of hydrogen-bond donors (Lipinski definition) is 1. The fourth-order valence-corrected chi connectivity index (χ4v) is 3.04. The molecule has 1 heterocycles. The van der Waals surface area contributed by atoms with Gasteiger partial charge < -0.3 is 9.64 Å². The number of anilines is 1. The van der Waals surface area contributed by atoms with Crippen LogP contribution in [0.15, 0.2) is 73.1 Å². The Morgan fingerprint density at radius 2 is 1.61 bits per heavy atom. The van der Waals surface area contributed by atoms with Crippen LogP contribution in [0.3, 0.4) is 0 Å². The van der Waals surface area contributed by atoms with Crippen LogP contribution in [0.25, 0.3) is 0 Å². The standard InChI is InChI=1S/C23H20FN3O3S/c1-2-30-22(29)18-5-9-20(10-6-18)27(15-16-11-13-25-14-12-16)23(31)26-21(28)17-3-7-19(24)8-4-17/h3-14H,2,15H2,1H3,(H,26,28,31). The van der Waals surface area contributed by atoms with E-state index in [-0.39, 0.29) is 17.3 Å². The molecule has 1 aromatic heterocycles. The molecule has 31 heavy (non-hydrogen) atoms. The van der Waals surface area contributed by atoms with Crippen LogP contribution >= 0.6 is 12.2 Å². The number of halogens is 1. The number of esters is 1. The third-order valence-electron chi connectivity index (χ3n) is 4.35. The molecule has 8 heteroatoms. The monoisotopic (exact) mass is 437 g/mol. The van der Waals surface area contributed by atoms with Crippen LogP contribution in [-0.4, -0.2) is 28.6 Å². The number of nitrogens with one attached hydrogen (secondary N) is 1. The highest BCUT2D eigenvalue weighted by Gasteiger charge is 2.17. The molecule has 0 aliphatic carbocycles. The van der Waals surface area contributed by atoms with E-state index in [1.807, 2.05) is 12.1 Å². The van der Waals surface area contributed by atoms with Crippen molar-refractivity contribution in [1.82, 2.24) is 10.3 Å². The van der Waals surface area contributed by atoms with E-state index in [1.54, 1.807) is 48.5 Å². The Hall–Kier alpha value is -3.65. The van der Waals surface area contributed by atoms with E-state index in [9.17, 15) is 14.0 Å². The molecule has 0 saturated heterocycles. The van der Waals surface area contributed by atoms with Crippen molar-refractivity contribution < 1.29 is 18.7 Å². The van der Waals surface area contributed by atoms with Crippen molar-refractivity contribution >= 4 is 34.9 Å². The minimum Gasteiger partial charge on any atom is -0.462 e. The number of carbonyl (C=O) groups excluding carboxylic acids is 2. The van der Waals surface area contributed by atoms with Gasteiger partial charge in [-0.25, -0.2) is 9.18 Å². The number of pyridine rings is 1. The molecule has 1 N–H and O–H groups in total. The van der Waals surface area contributed by atoms with Gasteiger partial charge in [0.15, 0.2) is 5.11 Å². The zero-order valence-electron chi connectivity index (χ0n) is 16.7. The second-order valence-corrected chi connectivity index (χ2v) is 6.86. The number of nitrogens with zero attached hydrogens (tertiary/aromatic N) is 2. The van der Waals surface area contributed by atoms with Gasteiger partial charge in [0.2, 0.25) is 0 Å². The summed E-state index contributed by atoms with van der Waals surface area (Å²) in [6, 6.07) is 15.6. The maximum absolute atomic E-state index is 13.1. The number of rotatable bonds is 6. The van der Waals surface area contributed by atoms with E-state index in [0.29, 0.717) is 17.8 Å². The first-order chi connectivity index (χ1) is 15.0. The van der Waals surface area contributed by atoms with Crippen LogP contribution < -0.4 is 10.2 Å². The minimum absolute atomic E-state index is 0.162. The van der Waals surface area contributed by atoms with Crippen LogP contribution in [0.4, 0.5) is 10.1 Å². The van der Waals surface area contributed by atoms with E-state index >= 15 is 0 Å². The lowest BCUT2D eigenvalue weighted by molar-refractivity contribution is 0.0526. The highest BCUT2D eigenvalue weighted by molar-refractivity contribution is 7.80. The van der Waals surface area contributed by atoms with Gasteiger partial charge in [-0.05, 0) is 85.4 Å². The molecular formula is C23H20FN3O3S. The van der Waals surface area contributed by atoms with Gasteiger partial charge in [-0.1, -0.05) is 0 Å². The highest BCUT2D eigenvalue weighted by atomic mass is 32.1. The average Bonchev–Trinajstić information content (AvgIpc) is 2.79. The number of hydrogen-bond acceptors (Lipinski definition) is 5. The molecule has 158 valence electrons. The first kappa shape index (κ1) is 22.0. The Balaban J connectivity index is 1.83. The molecule has 0 unspecified atom stereocenters. The van der Waals surface area contributed by atoms with Crippen LogP contribution in [0.5, 0.6) is 0 Å². The molecular weight excluding hydrogens is 417 g/mol. The molecule has 6 nitrogen and oxygen atoms in total. The Kier molecular flexibility index (Phi) is 7.40. The summed E-state index contributed by atoms with van der Waals surface area (Å²) in [6.07, 6.45) is 3.33. The summed E-state index contributed by atoms with van der Waals surface area (Å²) in [5.41, 5.74) is 2.29. The lowest BCUT2D eigenvalue weighted by atomic mass is 10.1. The fraction of sp³-hybridized carbons (Fsp3) is 0.130. The van der Waals surface area contributed by atoms with Crippen LogP contribution in [-0.2, 0) is 11.3 Å². The maximum atomic E-state index is 13.1. The van der Waals surface area contributed by atoms with Gasteiger partial charge in [0.25, 0.3) is 5.91 Å². The van der Waals surface area contributed by atoms with E-state index in [4.69, 9.17) is 17.0 Å². The summed E-state index contributed by atoms with van der Waals surface area (Å²) in [5, 5.41) is 2.84. The molecule has 0 aliphatic rings. The lowest BCUT2D eigenvalue weighted by Gasteiger charge is -2.26. The van der Waals surface area contributed by atoms with Crippen LogP contribution in [0, 0.1) is 5.82 Å². The summed E-state index contributed by atoms with van der Waals surface area (Å²) in [6.45, 7) is 2.39. The number of thiocarbonyl (C=S) groups is 1. The number of amides is 1. The van der Waals surface area contributed by atoms with E-state index in [2.05, 4.69) is 10.3 Å². The Morgan fingerprint density at radius 3 is 2.23 bits per heavy atom. The van der Waals surface area contributed by atoms with Gasteiger partial charge in [0.05, 0.1) is 18.7 Å². The molecule has 0 aliphatic heterocycles. The second-order valence-electron chi connectivity index (χ2n) is 6.48. The van der Waals surface area contributed by atoms with Crippen LogP contribution in [0.2, 0.25) is 0 Å². The predicted molar refractivity (Wildman–Crippen MR) is 119 cm³/mol. The lowest BCUT2D eigenvalue weighted by Crippen LogP contribution is -2.42. The van der Waals surface area contributed by atoms with Crippen LogP contribution in [0.1, 0.15) is 33.2 Å². The van der Waals surface area contributed by atoms with E-state index in [0.717, 1.165) is 5.56 Å². The van der Waals surface area contributed by atoms with Gasteiger partial charge in [0, 0.05) is 23.6 Å². The molecule has 0 radical (unpaired) electrons. The molecule has 0 saturated carbocycles. The van der Waals surface area contributed by atoms with Crippen molar-refractivity contribution in [3.63, 3.8) is 0 Å². The second kappa shape index (κ2) is 10.4. The molecule has 0 atom stereocenters. The third-order valence-corrected chi connectivity index (χ3v) is 4.67. The molecule has 0 bridgehead atoms. The number of carbonyl (C=O) groups is 2. The first-order valence-corrected chi connectivity index (χ1v) is 9.93. The predicted octanol–water partition coefficient (Wildman–Crippen LogP) is 4.12. The molecule has 0 spiro atoms. The zero-order valence-corrected chi connectivity index (χ0v) is 17.6. The third kappa shape index (κ3) is 5.93. The number of ether oxygens (including phenoxy) is 1. The zero-order chi connectivity index (χ0) is 22.2. The van der Waals surface area contributed by atoms with Gasteiger partial charge in [-0.15, -0.1) is 0 Å². The van der Waals surface area contributed by atoms with Gasteiger partial charge >= 0.3 is 5.97 Å². The van der Waals surface area contributed by atoms with Crippen molar-refractivity contribution in [2.75, 3.05) is 11.5 Å². The van der Waals surface area contributed by atoms with E-state index in [1.165, 1.54) is 24.3 Å². The maximum Gasteiger partial charge on any atom is 0.338 e. The summed E-state index contributed by atoms with van der Waals surface area (Å²) in [7, 11) is 0. The fourth-order valence-electron chi connectivity index (χ4n) is 2.78. The normalized spacial score (nSPS) is 10.3. The van der Waals surface area contributed by atoms with Gasteiger partial charge in [-0.2, -0.15) is 0 Å². The summed E-state index contributed by atoms with van der Waals surface area (Å²) < 4.78 is 18.2. The number of benzene rings is 2. The Bertz CT molecular complexity index is 1060. The summed E-state index contributed by atoms with van der Waals surface area (Å²) in [5.74, 6) is -1.30. The average molecular weight is 437 g/mol. The van der Waals surface area contributed by atoms with Gasteiger partial charge in [-0.3, -0.25) is 15.1 Å². The number of aromatic nitrogens is 1. The van der Waals surface area contributed by atoms with Crippen molar-refractivity contribution in [3.05, 3.63) is 95.6 Å². The highest BCUT2D eigenvalue weighted by Crippen LogP contribution is 2.19. The quantitative estimate of drug-likeness (QED) is 0.462. The Morgan fingerprint density at radius 1 is 1.00 bits per heavy atom. The molecule has 2 aromatic carbocycles. The molecule has 1 amide bonds. The van der Waals surface area contributed by atoms with Crippen molar-refractivity contribution in [2.45, 2.75) is 13.5 Å². The van der Waals surface area contributed by atoms with E-state index < -0.39 is 17.7 Å². The minimum atomic E-state index is -0.451. The summed E-state index contributed by atoms with van der Waals surface area (Å²) >= 11 is 5.50. The smallest absolute Gasteiger partial charge is 0.338 e. The Labute approximate surface area is 184 Å². The first-order valence-electron chi connectivity index (χ1n) is 9.52. The van der Waals surface area contributed by atoms with Crippen molar-refractivity contribution in [1.29, 1.82) is 0 Å². The molecule has 3 aromatic rings. The van der Waals surface area contributed by atoms with Crippen molar-refractivity contribution in [2.24, 2.45) is 0 Å². The topological polar surface area (TPSA) is 71.5 Å². The molecule has 0 fully saturated rings.